The number of primary amides is 1. The van der Waals surface area contributed by atoms with E-state index < -0.39 is 0 Å². The number of nitrogens with two attached hydrogens (primary N) is 1. The molecule has 0 aliphatic carbocycles. The summed E-state index contributed by atoms with van der Waals surface area (Å²) < 4.78 is 5.64. The van der Waals surface area contributed by atoms with Crippen LogP contribution >= 0.6 is 0 Å². The number of benzene rings is 1. The van der Waals surface area contributed by atoms with Crippen LogP contribution in [0, 0.1) is 13.8 Å². The van der Waals surface area contributed by atoms with Crippen molar-refractivity contribution >= 4 is 5.91 Å². The Morgan fingerprint density at radius 1 is 1.47 bits per heavy atom. The van der Waals surface area contributed by atoms with Gasteiger partial charge in [0, 0.05) is 0 Å². The molecule has 0 fully saturated rings. The van der Waals surface area contributed by atoms with Gasteiger partial charge in [0.25, 0.3) is 0 Å². The van der Waals surface area contributed by atoms with Crippen molar-refractivity contribution in [2.45, 2.75) is 33.3 Å². The van der Waals surface area contributed by atoms with Gasteiger partial charge >= 0.3 is 0 Å². The summed E-state index contributed by atoms with van der Waals surface area (Å²) in [6.45, 7) is 5.82. The van der Waals surface area contributed by atoms with Crippen LogP contribution < -0.4 is 10.5 Å². The summed E-state index contributed by atoms with van der Waals surface area (Å²) in [7, 11) is 0. The van der Waals surface area contributed by atoms with E-state index in [1.54, 1.807) is 0 Å². The van der Waals surface area contributed by atoms with Gasteiger partial charge in [-0.3, -0.25) is 4.79 Å². The molecule has 1 rings (SSSR count). The number of amides is 1. The molecule has 0 bridgehead atoms. The van der Waals surface area contributed by atoms with Gasteiger partial charge in [-0.25, -0.2) is 0 Å². The van der Waals surface area contributed by atoms with E-state index in [0.29, 0.717) is 0 Å². The minimum absolute atomic E-state index is 0.178. The highest BCUT2D eigenvalue weighted by atomic mass is 16.5. The van der Waals surface area contributed by atoms with E-state index >= 15 is 0 Å². The number of carbonyl (C=O) groups is 1. The zero-order valence-electron chi connectivity index (χ0n) is 9.41. The minimum atomic E-state index is -0.340. The number of aryl methyl sites for hydroxylation is 2. The van der Waals surface area contributed by atoms with Crippen LogP contribution in [0.5, 0.6) is 5.75 Å². The molecule has 0 spiro atoms. The fourth-order valence-corrected chi connectivity index (χ4v) is 1.38. The third-order valence-corrected chi connectivity index (χ3v) is 2.16. The molecule has 3 nitrogen and oxygen atoms in total. The standard InChI is InChI=1S/C12H17NO2/c1-8-4-5-9(2)11(6-8)15-10(3)7-12(13)14/h4-6,10H,7H2,1-3H3,(H2,13,14). The first-order valence-electron chi connectivity index (χ1n) is 5.01. The van der Waals surface area contributed by atoms with Crippen molar-refractivity contribution in [2.24, 2.45) is 5.73 Å². The summed E-state index contributed by atoms with van der Waals surface area (Å²) in [6, 6.07) is 6.00. The van der Waals surface area contributed by atoms with E-state index in [-0.39, 0.29) is 18.4 Å². The average molecular weight is 207 g/mol. The first-order chi connectivity index (χ1) is 6.99. The van der Waals surface area contributed by atoms with E-state index in [1.807, 2.05) is 39.0 Å². The lowest BCUT2D eigenvalue weighted by Gasteiger charge is -2.15. The summed E-state index contributed by atoms with van der Waals surface area (Å²) in [6.07, 6.45) is 0.0657. The second-order valence-electron chi connectivity index (χ2n) is 3.87. The minimum Gasteiger partial charge on any atom is -0.490 e. The molecular weight excluding hydrogens is 190 g/mol. The average Bonchev–Trinajstić information content (AvgIpc) is 2.10. The molecule has 1 aromatic carbocycles. The molecule has 0 aliphatic heterocycles. The molecule has 0 radical (unpaired) electrons. The van der Waals surface area contributed by atoms with Crippen LogP contribution in [-0.4, -0.2) is 12.0 Å². The molecule has 0 aliphatic rings. The zero-order valence-corrected chi connectivity index (χ0v) is 9.41. The van der Waals surface area contributed by atoms with Gasteiger partial charge in [0.2, 0.25) is 5.91 Å². The van der Waals surface area contributed by atoms with Crippen LogP contribution in [0.15, 0.2) is 18.2 Å². The predicted octanol–water partition coefficient (Wildman–Crippen LogP) is 1.95. The highest BCUT2D eigenvalue weighted by Gasteiger charge is 2.09. The fourth-order valence-electron chi connectivity index (χ4n) is 1.38. The van der Waals surface area contributed by atoms with Gasteiger partial charge < -0.3 is 10.5 Å². The van der Waals surface area contributed by atoms with Crippen molar-refractivity contribution in [3.05, 3.63) is 29.3 Å². The monoisotopic (exact) mass is 207 g/mol. The zero-order chi connectivity index (χ0) is 11.4. The largest absolute Gasteiger partial charge is 0.490 e. The number of ether oxygens (including phenoxy) is 1. The van der Waals surface area contributed by atoms with Crippen LogP contribution in [0.4, 0.5) is 0 Å². The van der Waals surface area contributed by atoms with Crippen molar-refractivity contribution in [2.75, 3.05) is 0 Å². The molecule has 3 heteroatoms. The summed E-state index contributed by atoms with van der Waals surface area (Å²) in [5.41, 5.74) is 7.30. The van der Waals surface area contributed by atoms with Gasteiger partial charge in [-0.1, -0.05) is 12.1 Å². The van der Waals surface area contributed by atoms with Crippen LogP contribution in [0.25, 0.3) is 0 Å². The maximum atomic E-state index is 10.7. The van der Waals surface area contributed by atoms with Crippen LogP contribution in [0.3, 0.4) is 0 Å². The number of carbonyl (C=O) groups excluding carboxylic acids is 1. The van der Waals surface area contributed by atoms with Crippen LogP contribution in [0.1, 0.15) is 24.5 Å². The Balaban J connectivity index is 2.71. The lowest BCUT2D eigenvalue weighted by molar-refractivity contribution is -0.119. The Hall–Kier alpha value is -1.51. The van der Waals surface area contributed by atoms with Gasteiger partial charge in [-0.15, -0.1) is 0 Å². The highest BCUT2D eigenvalue weighted by molar-refractivity contribution is 5.74. The Labute approximate surface area is 90.2 Å². The number of hydrogen-bond acceptors (Lipinski definition) is 2. The molecule has 82 valence electrons. The van der Waals surface area contributed by atoms with Crippen molar-refractivity contribution in [1.29, 1.82) is 0 Å². The number of hydrogen-bond donors (Lipinski definition) is 1. The Morgan fingerprint density at radius 3 is 2.73 bits per heavy atom. The normalized spacial score (nSPS) is 12.2. The molecule has 1 atom stereocenters. The van der Waals surface area contributed by atoms with Crippen LogP contribution in [-0.2, 0) is 4.79 Å². The topological polar surface area (TPSA) is 52.3 Å². The van der Waals surface area contributed by atoms with Gasteiger partial charge in [0.05, 0.1) is 6.42 Å². The summed E-state index contributed by atoms with van der Waals surface area (Å²) in [4.78, 5) is 10.7. The molecule has 15 heavy (non-hydrogen) atoms. The highest BCUT2D eigenvalue weighted by Crippen LogP contribution is 2.20. The first kappa shape index (κ1) is 11.6. The molecule has 0 saturated heterocycles. The molecule has 0 saturated carbocycles. The molecule has 0 aromatic heterocycles. The molecule has 1 unspecified atom stereocenters. The fraction of sp³-hybridized carbons (Fsp3) is 0.417. The van der Waals surface area contributed by atoms with Crippen LogP contribution in [0.2, 0.25) is 0 Å². The van der Waals surface area contributed by atoms with Crippen molar-refractivity contribution < 1.29 is 9.53 Å². The van der Waals surface area contributed by atoms with Gasteiger partial charge in [-0.2, -0.15) is 0 Å². The Kier molecular flexibility index (Phi) is 3.72. The second kappa shape index (κ2) is 4.82. The quantitative estimate of drug-likeness (QED) is 0.820. The van der Waals surface area contributed by atoms with E-state index in [1.165, 1.54) is 0 Å². The maximum absolute atomic E-state index is 10.7. The molecule has 1 amide bonds. The molecule has 1 aromatic rings. The van der Waals surface area contributed by atoms with Gasteiger partial charge in [0.1, 0.15) is 11.9 Å². The third kappa shape index (κ3) is 3.62. The Morgan fingerprint density at radius 2 is 2.13 bits per heavy atom. The summed E-state index contributed by atoms with van der Waals surface area (Å²) in [5, 5.41) is 0. The smallest absolute Gasteiger partial charge is 0.221 e. The lowest BCUT2D eigenvalue weighted by atomic mass is 10.1. The summed E-state index contributed by atoms with van der Waals surface area (Å²) in [5.74, 6) is 0.483. The maximum Gasteiger partial charge on any atom is 0.221 e. The number of rotatable bonds is 4. The van der Waals surface area contributed by atoms with E-state index in [4.69, 9.17) is 10.5 Å². The van der Waals surface area contributed by atoms with Crippen molar-refractivity contribution in [3.63, 3.8) is 0 Å². The van der Waals surface area contributed by atoms with Crippen molar-refractivity contribution in [3.8, 4) is 5.75 Å². The SMILES string of the molecule is Cc1ccc(C)c(OC(C)CC(N)=O)c1. The lowest BCUT2D eigenvalue weighted by Crippen LogP contribution is -2.22. The second-order valence-corrected chi connectivity index (χ2v) is 3.87. The van der Waals surface area contributed by atoms with E-state index in [0.717, 1.165) is 16.9 Å². The summed E-state index contributed by atoms with van der Waals surface area (Å²) >= 11 is 0. The molecule has 0 heterocycles. The van der Waals surface area contributed by atoms with E-state index in [9.17, 15) is 4.79 Å². The van der Waals surface area contributed by atoms with Crippen molar-refractivity contribution in [1.82, 2.24) is 0 Å². The van der Waals surface area contributed by atoms with Gasteiger partial charge in [0.15, 0.2) is 0 Å². The Bertz CT molecular complexity index is 361. The van der Waals surface area contributed by atoms with Gasteiger partial charge in [-0.05, 0) is 38.0 Å². The molecular formula is C12H17NO2. The first-order valence-corrected chi connectivity index (χ1v) is 5.01. The predicted molar refractivity (Wildman–Crippen MR) is 59.8 cm³/mol. The molecule has 2 N–H and O–H groups in total. The van der Waals surface area contributed by atoms with E-state index in [2.05, 4.69) is 0 Å². The third-order valence-electron chi connectivity index (χ3n) is 2.16.